The van der Waals surface area contributed by atoms with Gasteiger partial charge in [0.2, 0.25) is 0 Å². The van der Waals surface area contributed by atoms with Gasteiger partial charge in [0, 0.05) is 25.1 Å². The number of rotatable bonds is 4. The van der Waals surface area contributed by atoms with E-state index in [4.69, 9.17) is 10.2 Å². The normalized spacial score (nSPS) is 16.7. The van der Waals surface area contributed by atoms with Crippen LogP contribution in [0.2, 0.25) is 0 Å². The van der Waals surface area contributed by atoms with Gasteiger partial charge in [0.1, 0.15) is 0 Å². The number of likely N-dealkylation sites (tertiary alicyclic amines) is 1. The van der Waals surface area contributed by atoms with Crippen LogP contribution in [0, 0.1) is 17.8 Å². The second-order valence-electron chi connectivity index (χ2n) is 5.37. The smallest absolute Gasteiger partial charge is 0.0540 e. The maximum absolute atomic E-state index is 9.14. The molecule has 0 aromatic heterocycles. The molecule has 1 aliphatic heterocycles. The van der Waals surface area contributed by atoms with Crippen molar-refractivity contribution in [3.8, 4) is 11.8 Å². The van der Waals surface area contributed by atoms with Gasteiger partial charge >= 0.3 is 0 Å². The van der Waals surface area contributed by atoms with Crippen molar-refractivity contribution in [3.05, 3.63) is 35.4 Å². The highest BCUT2D eigenvalue weighted by Crippen LogP contribution is 2.18. The molecule has 0 saturated carbocycles. The summed E-state index contributed by atoms with van der Waals surface area (Å²) in [6.45, 7) is 3.57. The van der Waals surface area contributed by atoms with Crippen molar-refractivity contribution in [2.45, 2.75) is 25.8 Å². The van der Waals surface area contributed by atoms with Crippen molar-refractivity contribution in [3.63, 3.8) is 0 Å². The summed E-state index contributed by atoms with van der Waals surface area (Å²) in [5, 5.41) is 17.8. The average Bonchev–Trinajstić information content (AvgIpc) is 2.50. The summed E-state index contributed by atoms with van der Waals surface area (Å²) in [6.07, 6.45) is 2.73. The summed E-state index contributed by atoms with van der Waals surface area (Å²) in [4.78, 5) is 2.44. The van der Waals surface area contributed by atoms with Crippen molar-refractivity contribution < 1.29 is 10.2 Å². The molecule has 0 unspecified atom stereocenters. The molecule has 1 aromatic rings. The van der Waals surface area contributed by atoms with E-state index in [0.717, 1.165) is 38.0 Å². The summed E-state index contributed by atoms with van der Waals surface area (Å²) < 4.78 is 0. The first-order valence-electron chi connectivity index (χ1n) is 7.33. The summed E-state index contributed by atoms with van der Waals surface area (Å²) >= 11 is 0. The predicted molar refractivity (Wildman–Crippen MR) is 80.1 cm³/mol. The van der Waals surface area contributed by atoms with E-state index in [1.807, 2.05) is 12.1 Å². The van der Waals surface area contributed by atoms with Crippen LogP contribution in [0.4, 0.5) is 0 Å². The number of aliphatic hydroxyl groups excluding tert-OH is 2. The van der Waals surface area contributed by atoms with Gasteiger partial charge in [-0.2, -0.15) is 0 Å². The summed E-state index contributed by atoms with van der Waals surface area (Å²) in [7, 11) is 0. The summed E-state index contributed by atoms with van der Waals surface area (Å²) in [6, 6.07) is 8.34. The van der Waals surface area contributed by atoms with E-state index in [0.29, 0.717) is 18.9 Å². The third kappa shape index (κ3) is 4.64. The van der Waals surface area contributed by atoms with Crippen LogP contribution in [0.1, 0.15) is 30.4 Å². The minimum absolute atomic E-state index is 0.120. The van der Waals surface area contributed by atoms with E-state index >= 15 is 0 Å². The fraction of sp³-hybridized carbons (Fsp3) is 0.529. The minimum atomic E-state index is 0.120. The predicted octanol–water partition coefficient (Wildman–Crippen LogP) is 1.62. The Morgan fingerprint density at radius 3 is 2.40 bits per heavy atom. The lowest BCUT2D eigenvalue weighted by atomic mass is 9.97. The Bertz CT molecular complexity index is 450. The third-order valence-corrected chi connectivity index (χ3v) is 3.79. The molecule has 2 N–H and O–H groups in total. The highest BCUT2D eigenvalue weighted by molar-refractivity contribution is 5.36. The van der Waals surface area contributed by atoms with Crippen LogP contribution in [-0.2, 0) is 6.54 Å². The Labute approximate surface area is 121 Å². The van der Waals surface area contributed by atoms with Crippen LogP contribution in [-0.4, -0.2) is 41.4 Å². The summed E-state index contributed by atoms with van der Waals surface area (Å²) in [5.41, 5.74) is 2.31. The number of hydrogen-bond donors (Lipinski definition) is 2. The molecule has 0 amide bonds. The number of piperidine rings is 1. The second-order valence-corrected chi connectivity index (χ2v) is 5.37. The minimum Gasteiger partial charge on any atom is -0.396 e. The van der Waals surface area contributed by atoms with Gasteiger partial charge in [-0.15, -0.1) is 0 Å². The van der Waals surface area contributed by atoms with E-state index in [9.17, 15) is 0 Å². The van der Waals surface area contributed by atoms with Crippen LogP contribution in [0.3, 0.4) is 0 Å². The Morgan fingerprint density at radius 1 is 1.10 bits per heavy atom. The van der Waals surface area contributed by atoms with Crippen LogP contribution in [0.25, 0.3) is 0 Å². The van der Waals surface area contributed by atoms with Crippen molar-refractivity contribution in [1.82, 2.24) is 4.90 Å². The van der Waals surface area contributed by atoms with Gasteiger partial charge in [0.15, 0.2) is 0 Å². The number of nitrogens with zero attached hydrogens (tertiary/aromatic N) is 1. The van der Waals surface area contributed by atoms with Crippen molar-refractivity contribution in [1.29, 1.82) is 0 Å². The van der Waals surface area contributed by atoms with Crippen LogP contribution < -0.4 is 0 Å². The number of benzene rings is 1. The molecule has 1 aromatic carbocycles. The molecule has 108 valence electrons. The lowest BCUT2D eigenvalue weighted by Gasteiger charge is -2.31. The zero-order valence-corrected chi connectivity index (χ0v) is 11.9. The molecular weight excluding hydrogens is 250 g/mol. The van der Waals surface area contributed by atoms with Crippen LogP contribution >= 0.6 is 0 Å². The van der Waals surface area contributed by atoms with Gasteiger partial charge in [-0.3, -0.25) is 4.90 Å². The van der Waals surface area contributed by atoms with Gasteiger partial charge in [-0.1, -0.05) is 24.0 Å². The SMILES string of the molecule is OCCC#Cc1ccc(CN2CCC(CO)CC2)cc1. The molecule has 3 nitrogen and oxygen atoms in total. The van der Waals surface area contributed by atoms with E-state index in [1.165, 1.54) is 5.56 Å². The third-order valence-electron chi connectivity index (χ3n) is 3.79. The maximum Gasteiger partial charge on any atom is 0.0540 e. The maximum atomic E-state index is 9.14. The van der Waals surface area contributed by atoms with Gasteiger partial charge in [0.05, 0.1) is 6.61 Å². The molecule has 3 heteroatoms. The molecule has 1 heterocycles. The molecule has 0 atom stereocenters. The summed E-state index contributed by atoms with van der Waals surface area (Å²) in [5.74, 6) is 6.46. The van der Waals surface area contributed by atoms with Crippen molar-refractivity contribution in [2.75, 3.05) is 26.3 Å². The Balaban J connectivity index is 1.84. The molecule has 2 rings (SSSR count). The first kappa shape index (κ1) is 15.1. The van der Waals surface area contributed by atoms with Crippen molar-refractivity contribution in [2.24, 2.45) is 5.92 Å². The van der Waals surface area contributed by atoms with Crippen LogP contribution in [0.5, 0.6) is 0 Å². The van der Waals surface area contributed by atoms with E-state index < -0.39 is 0 Å². The highest BCUT2D eigenvalue weighted by atomic mass is 16.3. The zero-order chi connectivity index (χ0) is 14.2. The lowest BCUT2D eigenvalue weighted by molar-refractivity contribution is 0.127. The quantitative estimate of drug-likeness (QED) is 0.819. The number of aliphatic hydroxyl groups is 2. The highest BCUT2D eigenvalue weighted by Gasteiger charge is 2.18. The standard InChI is InChI=1S/C17H23NO2/c19-12-2-1-3-15-4-6-16(7-5-15)13-18-10-8-17(14-20)9-11-18/h4-7,17,19-20H,2,8-14H2. The van der Waals surface area contributed by atoms with Gasteiger partial charge in [-0.05, 0) is 49.5 Å². The Kier molecular flexibility index (Phi) is 6.07. The molecule has 0 bridgehead atoms. The Morgan fingerprint density at radius 2 is 1.80 bits per heavy atom. The molecule has 1 saturated heterocycles. The van der Waals surface area contributed by atoms with E-state index in [2.05, 4.69) is 28.9 Å². The molecule has 1 fully saturated rings. The second kappa shape index (κ2) is 8.06. The zero-order valence-electron chi connectivity index (χ0n) is 11.9. The van der Waals surface area contributed by atoms with E-state index in [-0.39, 0.29) is 6.61 Å². The fourth-order valence-electron chi connectivity index (χ4n) is 2.50. The molecule has 0 radical (unpaired) electrons. The topological polar surface area (TPSA) is 43.7 Å². The van der Waals surface area contributed by atoms with Crippen LogP contribution in [0.15, 0.2) is 24.3 Å². The molecule has 1 aliphatic rings. The average molecular weight is 273 g/mol. The first-order chi connectivity index (χ1) is 9.81. The number of hydrogen-bond acceptors (Lipinski definition) is 3. The Hall–Kier alpha value is -1.34. The molecule has 0 spiro atoms. The van der Waals surface area contributed by atoms with Gasteiger partial charge in [-0.25, -0.2) is 0 Å². The monoisotopic (exact) mass is 273 g/mol. The fourth-order valence-corrected chi connectivity index (χ4v) is 2.50. The molecule has 20 heavy (non-hydrogen) atoms. The largest absolute Gasteiger partial charge is 0.396 e. The lowest BCUT2D eigenvalue weighted by Crippen LogP contribution is -2.34. The van der Waals surface area contributed by atoms with Crippen molar-refractivity contribution >= 4 is 0 Å². The first-order valence-corrected chi connectivity index (χ1v) is 7.33. The molecular formula is C17H23NO2. The molecule has 0 aliphatic carbocycles. The van der Waals surface area contributed by atoms with Gasteiger partial charge in [0.25, 0.3) is 0 Å². The van der Waals surface area contributed by atoms with Gasteiger partial charge < -0.3 is 10.2 Å². The van der Waals surface area contributed by atoms with E-state index in [1.54, 1.807) is 0 Å².